The molecule has 0 saturated heterocycles. The average Bonchev–Trinajstić information content (AvgIpc) is 1.39. The number of nitrogens with two attached hydrogens (primary N) is 4. The van der Waals surface area contributed by atoms with Crippen LogP contribution in [0.5, 0.6) is 0 Å². The zero-order chi connectivity index (χ0) is 66.3. The summed E-state index contributed by atoms with van der Waals surface area (Å²) in [5, 5.41) is 56.0. The number of hydrogen-bond acceptors (Lipinski definition) is 18. The quantitative estimate of drug-likeness (QED) is 0.0309. The number of primary amides is 2. The van der Waals surface area contributed by atoms with Gasteiger partial charge in [-0.3, -0.25) is 48.1 Å². The van der Waals surface area contributed by atoms with Gasteiger partial charge < -0.3 is 63.3 Å². The van der Waals surface area contributed by atoms with E-state index in [9.17, 15) is 76.7 Å². The Morgan fingerprint density at radius 1 is 0.739 bits per heavy atom. The van der Waals surface area contributed by atoms with Crippen LogP contribution in [0.3, 0.4) is 0 Å². The number of hydrogen-bond donors (Lipinski definition) is 10. The van der Waals surface area contributed by atoms with Crippen LogP contribution in [0.25, 0.3) is 0 Å². The predicted molar refractivity (Wildman–Crippen MR) is 315 cm³/mol. The maximum Gasteiger partial charge on any atom is 0.490 e. The maximum atomic E-state index is 13.5. The van der Waals surface area contributed by atoms with Crippen molar-refractivity contribution in [3.63, 3.8) is 0 Å². The van der Waals surface area contributed by atoms with Crippen molar-refractivity contribution < 1.29 is 96.1 Å². The van der Waals surface area contributed by atoms with Crippen molar-refractivity contribution >= 4 is 88.1 Å². The lowest BCUT2D eigenvalue weighted by Crippen LogP contribution is -2.62. The lowest BCUT2D eigenvalue weighted by atomic mass is 9.45. The van der Waals surface area contributed by atoms with Crippen LogP contribution in [0.4, 0.5) is 13.2 Å². The number of nitrogens with one attached hydrogen (secondary N) is 1. The summed E-state index contributed by atoms with van der Waals surface area (Å²) in [5.41, 5.74) is 17.2. The molecule has 494 valence electrons. The molecule has 14 N–H and O–H groups in total. The van der Waals surface area contributed by atoms with Gasteiger partial charge in [-0.2, -0.15) is 13.2 Å². The number of aliphatic carboxylic acids is 1. The SMILES string of the molecule is CC(N)=O.C[C@@H](CSCC(=O)OCC(=O)[C@@]1(O)CC[C@H]2[C@@H]3CCC4=CC(=O)CC[C@]4(C)[C@H]3[C@@H](O)C[C@@]21C)C(=O)N[C@H](CCCN=C(N)N)C(N)=O.C[C@]12CCC(=O)C=C1CC[C@@H]1[C@@H]2[C@@H](O)C[C@@]2(C)[C@H]1CC[C@]2(O)C(=O)COC(=O)CCl.O=C(O)C(F)(F)F. The monoisotopic (exact) mass is 1290 g/mol. The highest BCUT2D eigenvalue weighted by Gasteiger charge is 2.70. The molecule has 23 nitrogen and oxygen atoms in total. The topological polar surface area (TPSA) is 419 Å². The van der Waals surface area contributed by atoms with Crippen molar-refractivity contribution in [3.05, 3.63) is 23.3 Å². The van der Waals surface area contributed by atoms with Crippen LogP contribution >= 0.6 is 23.4 Å². The first-order valence-corrected chi connectivity index (χ1v) is 31.5. The first-order valence-electron chi connectivity index (χ1n) is 29.8. The van der Waals surface area contributed by atoms with Gasteiger partial charge in [0.25, 0.3) is 0 Å². The zero-order valence-corrected chi connectivity index (χ0v) is 52.4. The normalized spacial score (nSPS) is 34.8. The Hall–Kier alpha value is -5.48. The van der Waals surface area contributed by atoms with Crippen molar-refractivity contribution in [2.45, 2.75) is 180 Å². The molecule has 0 spiro atoms. The molecule has 0 bridgehead atoms. The molecule has 0 aromatic carbocycles. The Balaban J connectivity index is 0.000000291. The van der Waals surface area contributed by atoms with E-state index in [1.165, 1.54) is 6.92 Å². The van der Waals surface area contributed by atoms with Crippen LogP contribution in [0.2, 0.25) is 0 Å². The van der Waals surface area contributed by atoms with Crippen molar-refractivity contribution in [1.82, 2.24) is 5.32 Å². The number of aliphatic hydroxyl groups is 4. The number of carbonyl (C=O) groups is 10. The Labute approximate surface area is 518 Å². The van der Waals surface area contributed by atoms with Gasteiger partial charge in [-0.25, -0.2) is 4.79 Å². The second-order valence-corrected chi connectivity index (χ2v) is 27.3. The fraction of sp³-hybridized carbons (Fsp3) is 0.750. The standard InChI is InChI=1S/C33H51N5O8S.C23H31ClO6.C2HF3O2.C2H5NO/c1-18(29(44)38-23(28(34)43)5-4-12-37-30(35)36)16-47-17-26(42)46-15-25(41)33(45)11-9-22-21-7-6-19-13-20(39)8-10-31(19,2)27(21)24(40)14-32(22,33)3;1-21-7-5-14(25)9-13(21)3-4-15-16-6-8-23(29,18(27)12-30-19(28)11-24)22(16,2)10-17(26)20(15)21;3-2(4,5)1(6)7;1-2(3)4/h13,18,21-24,27,40,45H,4-12,14-17H2,1-3H3,(H2,34,43)(H,38,44)(H4,35,36,37);9,15-17,20,26,29H,3-8,10-12H2,1-2H3;(H,6,7);1H3,(H2,3,4)/t18-,21-,22-,23+,24-,27+,31-,32-,33-;15-,16-,17-,20+,21-,22-,23-;;/m00../s1. The number of amides is 3. The minimum Gasteiger partial charge on any atom is -0.475 e. The van der Waals surface area contributed by atoms with Gasteiger partial charge in [0.15, 0.2) is 30.7 Å². The molecule has 28 heteroatoms. The molecule has 0 aromatic rings. The molecule has 88 heavy (non-hydrogen) atoms. The Bertz CT molecular complexity index is 2780. The molecule has 0 radical (unpaired) electrons. The molecule has 8 aliphatic carbocycles. The smallest absolute Gasteiger partial charge is 0.475 e. The number of halogens is 4. The number of rotatable bonds is 18. The van der Waals surface area contributed by atoms with Gasteiger partial charge in [-0.1, -0.05) is 45.8 Å². The van der Waals surface area contributed by atoms with E-state index in [-0.39, 0.29) is 106 Å². The van der Waals surface area contributed by atoms with Crippen LogP contribution in [0.1, 0.15) is 144 Å². The first-order chi connectivity index (χ1) is 40.8. The van der Waals surface area contributed by atoms with Crippen molar-refractivity contribution in [2.75, 3.05) is 37.1 Å². The third-order valence-electron chi connectivity index (χ3n) is 20.7. The molecule has 8 rings (SSSR count). The van der Waals surface area contributed by atoms with Crippen LogP contribution in [0, 0.1) is 63.1 Å². The van der Waals surface area contributed by atoms with Gasteiger partial charge in [0.05, 0.1) is 18.0 Å². The highest BCUT2D eigenvalue weighted by Crippen LogP contribution is 2.69. The third-order valence-corrected chi connectivity index (χ3v) is 22.1. The lowest BCUT2D eigenvalue weighted by molar-refractivity contribution is -0.192. The van der Waals surface area contributed by atoms with E-state index in [0.29, 0.717) is 57.9 Å². The number of aliphatic hydroxyl groups excluding tert-OH is 2. The minimum atomic E-state index is -5.08. The molecule has 8 aliphatic rings. The summed E-state index contributed by atoms with van der Waals surface area (Å²) in [4.78, 5) is 121. The number of guanidine groups is 1. The minimum absolute atomic E-state index is 0.0205. The molecule has 16 atom stereocenters. The van der Waals surface area contributed by atoms with Crippen molar-refractivity contribution in [3.8, 4) is 0 Å². The lowest BCUT2D eigenvalue weighted by Gasteiger charge is -2.60. The van der Waals surface area contributed by atoms with Crippen LogP contribution in [-0.2, 0) is 57.4 Å². The molecular formula is C60H88ClF3N6O17S. The molecule has 0 aromatic heterocycles. The summed E-state index contributed by atoms with van der Waals surface area (Å²) in [6, 6.07) is -0.882. The molecule has 0 heterocycles. The number of carbonyl (C=O) groups excluding carboxylic acids is 9. The Morgan fingerprint density at radius 2 is 1.16 bits per heavy atom. The summed E-state index contributed by atoms with van der Waals surface area (Å²) in [6.45, 7) is 10.3. The Morgan fingerprint density at radius 3 is 1.55 bits per heavy atom. The highest BCUT2D eigenvalue weighted by atomic mass is 35.5. The van der Waals surface area contributed by atoms with E-state index in [4.69, 9.17) is 48.2 Å². The summed E-state index contributed by atoms with van der Waals surface area (Å²) >= 11 is 6.58. The van der Waals surface area contributed by atoms with Gasteiger partial charge in [-0.15, -0.1) is 23.4 Å². The van der Waals surface area contributed by atoms with Crippen molar-refractivity contribution in [1.29, 1.82) is 0 Å². The van der Waals surface area contributed by atoms with Crippen molar-refractivity contribution in [2.24, 2.45) is 91.0 Å². The number of ketones is 4. The first kappa shape index (κ1) is 73.3. The number of Topliss-reactive ketones (excluding diaryl/α,β-unsaturated/α-hetero) is 2. The number of fused-ring (bicyclic) bond motifs is 10. The van der Waals surface area contributed by atoms with Gasteiger partial charge in [0.1, 0.15) is 23.1 Å². The van der Waals surface area contributed by atoms with E-state index in [0.717, 1.165) is 55.0 Å². The number of aliphatic imine (C=N–C) groups is 1. The van der Waals surface area contributed by atoms with E-state index in [1.807, 2.05) is 13.8 Å². The summed E-state index contributed by atoms with van der Waals surface area (Å²) in [7, 11) is 0. The van der Waals surface area contributed by atoms with E-state index in [1.54, 1.807) is 19.1 Å². The molecule has 0 unspecified atom stereocenters. The third kappa shape index (κ3) is 15.8. The molecule has 6 saturated carbocycles. The number of nitrogens with zero attached hydrogens (tertiary/aromatic N) is 1. The molecule has 0 aliphatic heterocycles. The number of alkyl halides is 4. The predicted octanol–water partition coefficient (Wildman–Crippen LogP) is 3.42. The number of allylic oxidation sites excluding steroid dienone is 2. The Kier molecular flexibility index (Phi) is 24.3. The zero-order valence-electron chi connectivity index (χ0n) is 50.8. The van der Waals surface area contributed by atoms with Crippen LogP contribution < -0.4 is 28.3 Å². The summed E-state index contributed by atoms with van der Waals surface area (Å²) < 4.78 is 41.9. The van der Waals surface area contributed by atoms with Gasteiger partial charge >= 0.3 is 24.1 Å². The maximum absolute atomic E-state index is 13.5. The fourth-order valence-corrected chi connectivity index (χ4v) is 17.4. The average molecular weight is 1290 g/mol. The van der Waals surface area contributed by atoms with Crippen LogP contribution in [0.15, 0.2) is 28.3 Å². The van der Waals surface area contributed by atoms with E-state index in [2.05, 4.69) is 29.9 Å². The molecular weight excluding hydrogens is 1200 g/mol. The fourth-order valence-electron chi connectivity index (χ4n) is 16.4. The van der Waals surface area contributed by atoms with E-state index < -0.39 is 107 Å². The number of thioether (sulfide) groups is 1. The highest BCUT2D eigenvalue weighted by molar-refractivity contribution is 7.99. The second kappa shape index (κ2) is 29.2. The number of ether oxygens (including phenoxy) is 2. The number of carboxylic acids is 1. The molecule has 3 amide bonds. The largest absolute Gasteiger partial charge is 0.490 e. The summed E-state index contributed by atoms with van der Waals surface area (Å²) in [5.74, 6) is -6.69. The number of carboxylic acid groups (broad SMARTS) is 1. The summed E-state index contributed by atoms with van der Waals surface area (Å²) in [6.07, 6.45) is 5.92. The number of esters is 2. The van der Waals surface area contributed by atoms with Gasteiger partial charge in [0, 0.05) is 48.8 Å². The molecule has 6 fully saturated rings. The van der Waals surface area contributed by atoms with Crippen LogP contribution in [-0.4, -0.2) is 163 Å². The second-order valence-electron chi connectivity index (χ2n) is 26.0. The van der Waals surface area contributed by atoms with Gasteiger partial charge in [-0.05, 0) is 148 Å². The van der Waals surface area contributed by atoms with Gasteiger partial charge in [0.2, 0.25) is 29.3 Å². The van der Waals surface area contributed by atoms with E-state index >= 15 is 0 Å².